The van der Waals surface area contributed by atoms with Crippen molar-refractivity contribution in [2.75, 3.05) is 11.9 Å². The van der Waals surface area contributed by atoms with Gasteiger partial charge >= 0.3 is 0 Å². The van der Waals surface area contributed by atoms with Crippen LogP contribution in [0.4, 0.5) is 5.69 Å². The molecular weight excluding hydrogens is 374 g/mol. The average molecular weight is 399 g/mol. The molecule has 0 radical (unpaired) electrons. The molecule has 2 heterocycles. The molecule has 4 rings (SSSR count). The summed E-state index contributed by atoms with van der Waals surface area (Å²) in [6, 6.07) is 13.9. The fourth-order valence-electron chi connectivity index (χ4n) is 4.10. The number of hydrogen-bond acceptors (Lipinski definition) is 3. The van der Waals surface area contributed by atoms with E-state index in [2.05, 4.69) is 22.4 Å². The molecular formula is C25H25N3O2. The van der Waals surface area contributed by atoms with Crippen molar-refractivity contribution in [1.82, 2.24) is 9.88 Å². The van der Waals surface area contributed by atoms with Gasteiger partial charge in [0.25, 0.3) is 11.8 Å². The van der Waals surface area contributed by atoms with Gasteiger partial charge in [-0.25, -0.2) is 0 Å². The number of nitrogens with zero attached hydrogens (tertiary/aromatic N) is 2. The fraction of sp³-hybridized carbons (Fsp3) is 0.240. The van der Waals surface area contributed by atoms with Gasteiger partial charge in [0.1, 0.15) is 0 Å². The Morgan fingerprint density at radius 2 is 1.60 bits per heavy atom. The van der Waals surface area contributed by atoms with Gasteiger partial charge in [-0.2, -0.15) is 0 Å². The third-order valence-corrected chi connectivity index (χ3v) is 5.58. The SMILES string of the molecule is Cc1cc(C)c(NC(=O)c2cncc(C(=O)N3CCc4ccccc4C3)c2)c(C)c1. The van der Waals surface area contributed by atoms with Gasteiger partial charge in [-0.3, -0.25) is 14.6 Å². The monoisotopic (exact) mass is 399 g/mol. The second-order valence-corrected chi connectivity index (χ2v) is 7.94. The van der Waals surface area contributed by atoms with Crippen LogP contribution in [0, 0.1) is 20.8 Å². The van der Waals surface area contributed by atoms with Crippen LogP contribution < -0.4 is 5.32 Å². The second-order valence-electron chi connectivity index (χ2n) is 7.94. The molecule has 5 nitrogen and oxygen atoms in total. The van der Waals surface area contributed by atoms with Crippen molar-refractivity contribution in [3.63, 3.8) is 0 Å². The van der Waals surface area contributed by atoms with Crippen molar-refractivity contribution in [2.24, 2.45) is 0 Å². The summed E-state index contributed by atoms with van der Waals surface area (Å²) in [6.45, 7) is 7.22. The normalized spacial score (nSPS) is 13.0. The third kappa shape index (κ3) is 3.96. The minimum Gasteiger partial charge on any atom is -0.334 e. The van der Waals surface area contributed by atoms with Crippen molar-refractivity contribution in [2.45, 2.75) is 33.7 Å². The zero-order valence-electron chi connectivity index (χ0n) is 17.5. The molecule has 152 valence electrons. The summed E-state index contributed by atoms with van der Waals surface area (Å²) >= 11 is 0. The minimum absolute atomic E-state index is 0.102. The number of pyridine rings is 1. The maximum Gasteiger partial charge on any atom is 0.257 e. The first kappa shape index (κ1) is 19.8. The van der Waals surface area contributed by atoms with E-state index in [0.29, 0.717) is 24.2 Å². The molecule has 30 heavy (non-hydrogen) atoms. The molecule has 3 aromatic rings. The number of fused-ring (bicyclic) bond motifs is 1. The molecule has 0 aliphatic carbocycles. The van der Waals surface area contributed by atoms with Gasteiger partial charge in [0, 0.05) is 31.2 Å². The number of aryl methyl sites for hydroxylation is 3. The predicted octanol–water partition coefficient (Wildman–Crippen LogP) is 4.46. The Kier molecular flexibility index (Phi) is 5.36. The smallest absolute Gasteiger partial charge is 0.257 e. The van der Waals surface area contributed by atoms with Gasteiger partial charge in [-0.05, 0) is 55.5 Å². The van der Waals surface area contributed by atoms with Crippen molar-refractivity contribution >= 4 is 17.5 Å². The molecule has 1 aliphatic heterocycles. The summed E-state index contributed by atoms with van der Waals surface area (Å²) < 4.78 is 0. The number of benzene rings is 2. The minimum atomic E-state index is -0.267. The Balaban J connectivity index is 1.53. The van der Waals surface area contributed by atoms with Gasteiger partial charge in [0.2, 0.25) is 0 Å². The number of rotatable bonds is 3. The topological polar surface area (TPSA) is 62.3 Å². The highest BCUT2D eigenvalue weighted by atomic mass is 16.2. The molecule has 1 aromatic heterocycles. The van der Waals surface area contributed by atoms with Gasteiger partial charge in [-0.15, -0.1) is 0 Å². The molecule has 1 N–H and O–H groups in total. The van der Waals surface area contributed by atoms with Crippen LogP contribution in [-0.2, 0) is 13.0 Å². The van der Waals surface area contributed by atoms with Crippen molar-refractivity contribution in [3.05, 3.63) is 93.8 Å². The van der Waals surface area contributed by atoms with Crippen molar-refractivity contribution < 1.29 is 9.59 Å². The zero-order chi connectivity index (χ0) is 21.3. The van der Waals surface area contributed by atoms with E-state index in [-0.39, 0.29) is 11.8 Å². The number of hydrogen-bond donors (Lipinski definition) is 1. The highest BCUT2D eigenvalue weighted by molar-refractivity contribution is 6.06. The van der Waals surface area contributed by atoms with E-state index in [1.807, 2.05) is 49.9 Å². The lowest BCUT2D eigenvalue weighted by Gasteiger charge is -2.29. The largest absolute Gasteiger partial charge is 0.334 e. The highest BCUT2D eigenvalue weighted by Crippen LogP contribution is 2.23. The van der Waals surface area contributed by atoms with Gasteiger partial charge < -0.3 is 10.2 Å². The Bertz CT molecular complexity index is 1110. The molecule has 0 unspecified atom stereocenters. The molecule has 2 aromatic carbocycles. The number of anilines is 1. The second kappa shape index (κ2) is 8.11. The zero-order valence-corrected chi connectivity index (χ0v) is 17.5. The maximum absolute atomic E-state index is 13.0. The van der Waals surface area contributed by atoms with Crippen LogP contribution in [-0.4, -0.2) is 28.2 Å². The van der Waals surface area contributed by atoms with Crippen LogP contribution in [0.25, 0.3) is 0 Å². The Morgan fingerprint density at radius 3 is 2.33 bits per heavy atom. The third-order valence-electron chi connectivity index (χ3n) is 5.58. The van der Waals surface area contributed by atoms with E-state index < -0.39 is 0 Å². The lowest BCUT2D eigenvalue weighted by Crippen LogP contribution is -2.36. The summed E-state index contributed by atoms with van der Waals surface area (Å²) in [4.78, 5) is 31.9. The first-order valence-electron chi connectivity index (χ1n) is 10.1. The van der Waals surface area contributed by atoms with Crippen LogP contribution in [0.5, 0.6) is 0 Å². The van der Waals surface area contributed by atoms with Crippen LogP contribution in [0.15, 0.2) is 54.9 Å². The number of nitrogens with one attached hydrogen (secondary N) is 1. The number of carbonyl (C=O) groups excluding carboxylic acids is 2. The van der Waals surface area contributed by atoms with Crippen LogP contribution in [0.2, 0.25) is 0 Å². The molecule has 2 amide bonds. The summed E-state index contributed by atoms with van der Waals surface area (Å²) in [5, 5.41) is 2.98. The fourth-order valence-corrected chi connectivity index (χ4v) is 4.10. The summed E-state index contributed by atoms with van der Waals surface area (Å²) in [5.74, 6) is -0.370. The molecule has 0 fully saturated rings. The molecule has 1 aliphatic rings. The van der Waals surface area contributed by atoms with Gasteiger partial charge in [0.15, 0.2) is 0 Å². The van der Waals surface area contributed by atoms with Crippen LogP contribution in [0.1, 0.15) is 48.5 Å². The summed E-state index contributed by atoms with van der Waals surface area (Å²) in [7, 11) is 0. The van der Waals surface area contributed by atoms with E-state index >= 15 is 0 Å². The van der Waals surface area contributed by atoms with Crippen molar-refractivity contribution in [1.29, 1.82) is 0 Å². The first-order chi connectivity index (χ1) is 14.4. The molecule has 0 atom stereocenters. The lowest BCUT2D eigenvalue weighted by atomic mass is 9.99. The molecule has 0 saturated heterocycles. The van der Waals surface area contributed by atoms with E-state index in [1.54, 1.807) is 6.07 Å². The number of aromatic nitrogens is 1. The van der Waals surface area contributed by atoms with E-state index in [4.69, 9.17) is 0 Å². The van der Waals surface area contributed by atoms with Gasteiger partial charge in [0.05, 0.1) is 11.1 Å². The lowest BCUT2D eigenvalue weighted by molar-refractivity contribution is 0.0734. The van der Waals surface area contributed by atoms with E-state index in [9.17, 15) is 9.59 Å². The quantitative estimate of drug-likeness (QED) is 0.707. The Hall–Kier alpha value is -3.47. The van der Waals surface area contributed by atoms with E-state index in [1.165, 1.54) is 23.5 Å². The maximum atomic E-state index is 13.0. The number of amides is 2. The predicted molar refractivity (Wildman–Crippen MR) is 118 cm³/mol. The molecule has 0 bridgehead atoms. The summed E-state index contributed by atoms with van der Waals surface area (Å²) in [6.07, 6.45) is 3.86. The van der Waals surface area contributed by atoms with E-state index in [0.717, 1.165) is 28.8 Å². The standard InChI is InChI=1S/C25H25N3O2/c1-16-10-17(2)23(18(3)11-16)27-24(29)21-12-22(14-26-13-21)25(30)28-9-8-19-6-4-5-7-20(19)15-28/h4-7,10-14H,8-9,15H2,1-3H3,(H,27,29). The van der Waals surface area contributed by atoms with Crippen LogP contribution >= 0.6 is 0 Å². The summed E-state index contributed by atoms with van der Waals surface area (Å²) in [5.41, 5.74) is 7.23. The Labute approximate surface area is 176 Å². The van der Waals surface area contributed by atoms with Crippen molar-refractivity contribution in [3.8, 4) is 0 Å². The molecule has 0 saturated carbocycles. The molecule has 5 heteroatoms. The first-order valence-corrected chi connectivity index (χ1v) is 10.1. The highest BCUT2D eigenvalue weighted by Gasteiger charge is 2.22. The average Bonchev–Trinajstić information content (AvgIpc) is 2.75. The number of carbonyl (C=O) groups is 2. The van der Waals surface area contributed by atoms with Crippen LogP contribution in [0.3, 0.4) is 0 Å². The Morgan fingerprint density at radius 1 is 0.933 bits per heavy atom. The molecule has 0 spiro atoms. The van der Waals surface area contributed by atoms with Gasteiger partial charge in [-0.1, -0.05) is 42.0 Å².